The molecule has 2 aromatic carbocycles. The maximum Gasteiger partial charge on any atom is 0.272 e. The summed E-state index contributed by atoms with van der Waals surface area (Å²) in [4.78, 5) is 28.0. The van der Waals surface area contributed by atoms with Crippen LogP contribution >= 0.6 is 23.4 Å². The minimum absolute atomic E-state index is 0.154. The lowest BCUT2D eigenvalue weighted by Gasteiger charge is -2.18. The molecule has 0 aromatic heterocycles. The van der Waals surface area contributed by atoms with Gasteiger partial charge in [0.25, 0.3) is 11.8 Å². The molecule has 0 aliphatic carbocycles. The first kappa shape index (κ1) is 18.5. The standard InChI is InChI=1S/C20H18ClNO3S/c1-12(2)26-18-17(13-8-10-14(21)11-9-13)19(23)22(20(18)24)15-6-4-5-7-16(15)25-3/h4-12H,1-3H3. The van der Waals surface area contributed by atoms with E-state index in [4.69, 9.17) is 16.3 Å². The van der Waals surface area contributed by atoms with Crippen molar-refractivity contribution in [3.05, 3.63) is 64.0 Å². The number of anilines is 1. The van der Waals surface area contributed by atoms with Crippen LogP contribution in [-0.4, -0.2) is 24.2 Å². The largest absolute Gasteiger partial charge is 0.495 e. The molecule has 0 saturated heterocycles. The summed E-state index contributed by atoms with van der Waals surface area (Å²) in [5, 5.41) is 0.729. The maximum absolute atomic E-state index is 13.2. The predicted molar refractivity (Wildman–Crippen MR) is 107 cm³/mol. The second kappa shape index (κ2) is 7.56. The second-order valence-electron chi connectivity index (χ2n) is 6.00. The van der Waals surface area contributed by atoms with E-state index in [1.54, 1.807) is 48.5 Å². The smallest absolute Gasteiger partial charge is 0.272 e. The van der Waals surface area contributed by atoms with Crippen molar-refractivity contribution in [2.75, 3.05) is 12.0 Å². The maximum atomic E-state index is 13.2. The summed E-state index contributed by atoms with van der Waals surface area (Å²) in [6, 6.07) is 13.9. The lowest BCUT2D eigenvalue weighted by Crippen LogP contribution is -2.31. The lowest BCUT2D eigenvalue weighted by atomic mass is 10.1. The average Bonchev–Trinajstić information content (AvgIpc) is 2.85. The van der Waals surface area contributed by atoms with Gasteiger partial charge in [-0.15, -0.1) is 11.8 Å². The molecule has 134 valence electrons. The summed E-state index contributed by atoms with van der Waals surface area (Å²) in [6.45, 7) is 3.97. The molecule has 0 fully saturated rings. The Morgan fingerprint density at radius 2 is 1.65 bits per heavy atom. The summed E-state index contributed by atoms with van der Waals surface area (Å²) in [7, 11) is 1.52. The Morgan fingerprint density at radius 3 is 2.27 bits per heavy atom. The number of hydrogen-bond donors (Lipinski definition) is 0. The van der Waals surface area contributed by atoms with Gasteiger partial charge in [-0.2, -0.15) is 0 Å². The van der Waals surface area contributed by atoms with Crippen molar-refractivity contribution in [3.8, 4) is 5.75 Å². The highest BCUT2D eigenvalue weighted by molar-refractivity contribution is 8.04. The molecule has 2 amide bonds. The van der Waals surface area contributed by atoms with Crippen molar-refractivity contribution in [2.24, 2.45) is 0 Å². The molecule has 1 aliphatic rings. The molecule has 0 spiro atoms. The first-order chi connectivity index (χ1) is 12.4. The minimum Gasteiger partial charge on any atom is -0.495 e. The number of carbonyl (C=O) groups excluding carboxylic acids is 2. The van der Waals surface area contributed by atoms with Gasteiger partial charge in [0.15, 0.2) is 0 Å². The van der Waals surface area contributed by atoms with Gasteiger partial charge in [-0.1, -0.05) is 49.7 Å². The summed E-state index contributed by atoms with van der Waals surface area (Å²) >= 11 is 7.35. The van der Waals surface area contributed by atoms with Crippen LogP contribution in [0.3, 0.4) is 0 Å². The van der Waals surface area contributed by atoms with Gasteiger partial charge in [0.05, 0.1) is 23.3 Å². The molecule has 0 atom stereocenters. The number of methoxy groups -OCH3 is 1. The van der Waals surface area contributed by atoms with Gasteiger partial charge in [0.2, 0.25) is 0 Å². The molecule has 0 saturated carbocycles. The molecule has 0 radical (unpaired) electrons. The van der Waals surface area contributed by atoms with Crippen LogP contribution in [0.1, 0.15) is 19.4 Å². The van der Waals surface area contributed by atoms with Gasteiger partial charge in [-0.3, -0.25) is 9.59 Å². The van der Waals surface area contributed by atoms with Crippen molar-refractivity contribution < 1.29 is 14.3 Å². The Balaban J connectivity index is 2.13. The Labute approximate surface area is 161 Å². The minimum atomic E-state index is -0.357. The molecular formula is C20H18ClNO3S. The van der Waals surface area contributed by atoms with E-state index in [-0.39, 0.29) is 17.1 Å². The summed E-state index contributed by atoms with van der Waals surface area (Å²) in [5.74, 6) is -0.214. The third kappa shape index (κ3) is 3.37. The second-order valence-corrected chi connectivity index (χ2v) is 8.02. The number of carbonyl (C=O) groups is 2. The van der Waals surface area contributed by atoms with E-state index >= 15 is 0 Å². The predicted octanol–water partition coefficient (Wildman–Crippen LogP) is 4.77. The van der Waals surface area contributed by atoms with Gasteiger partial charge >= 0.3 is 0 Å². The van der Waals surface area contributed by atoms with Crippen molar-refractivity contribution in [2.45, 2.75) is 19.1 Å². The molecule has 2 aromatic rings. The van der Waals surface area contributed by atoms with E-state index in [0.717, 1.165) is 0 Å². The number of ether oxygens (including phenoxy) is 1. The molecule has 0 bridgehead atoms. The number of halogens is 1. The third-order valence-corrected chi connectivity index (χ3v) is 5.19. The van der Waals surface area contributed by atoms with Crippen molar-refractivity contribution in [3.63, 3.8) is 0 Å². The molecule has 0 unspecified atom stereocenters. The zero-order valence-corrected chi connectivity index (χ0v) is 16.2. The fraction of sp³-hybridized carbons (Fsp3) is 0.200. The molecule has 0 N–H and O–H groups in total. The van der Waals surface area contributed by atoms with Gasteiger partial charge in [0.1, 0.15) is 5.75 Å². The normalized spacial score (nSPS) is 14.6. The molecule has 3 rings (SSSR count). The van der Waals surface area contributed by atoms with Gasteiger partial charge in [0, 0.05) is 10.3 Å². The van der Waals surface area contributed by atoms with Crippen LogP contribution in [0.25, 0.3) is 5.57 Å². The quantitative estimate of drug-likeness (QED) is 0.693. The molecule has 1 aliphatic heterocycles. The molecule has 1 heterocycles. The SMILES string of the molecule is COc1ccccc1N1C(=O)C(SC(C)C)=C(c2ccc(Cl)cc2)C1=O. The monoisotopic (exact) mass is 387 g/mol. The lowest BCUT2D eigenvalue weighted by molar-refractivity contribution is -0.119. The van der Waals surface area contributed by atoms with E-state index < -0.39 is 0 Å². The highest BCUT2D eigenvalue weighted by Crippen LogP contribution is 2.42. The van der Waals surface area contributed by atoms with Crippen molar-refractivity contribution >= 4 is 46.4 Å². The number of hydrogen-bond acceptors (Lipinski definition) is 4. The molecule has 4 nitrogen and oxygen atoms in total. The summed E-state index contributed by atoms with van der Waals surface area (Å²) in [6.07, 6.45) is 0. The number of imide groups is 1. The summed E-state index contributed by atoms with van der Waals surface area (Å²) in [5.41, 5.74) is 1.51. The Kier molecular flexibility index (Phi) is 5.39. The molecule has 26 heavy (non-hydrogen) atoms. The number of rotatable bonds is 5. The Hall–Kier alpha value is -2.24. The van der Waals surface area contributed by atoms with E-state index in [0.29, 0.717) is 32.5 Å². The van der Waals surface area contributed by atoms with Crippen LogP contribution in [0, 0.1) is 0 Å². The van der Waals surface area contributed by atoms with E-state index in [2.05, 4.69) is 0 Å². The van der Waals surface area contributed by atoms with Gasteiger partial charge in [-0.25, -0.2) is 4.90 Å². The number of thioether (sulfide) groups is 1. The molecular weight excluding hydrogens is 370 g/mol. The zero-order chi connectivity index (χ0) is 18.8. The third-order valence-electron chi connectivity index (χ3n) is 3.85. The van der Waals surface area contributed by atoms with Crippen molar-refractivity contribution in [1.82, 2.24) is 0 Å². The van der Waals surface area contributed by atoms with Crippen LogP contribution in [0.5, 0.6) is 5.75 Å². The Bertz CT molecular complexity index is 890. The van der Waals surface area contributed by atoms with Crippen molar-refractivity contribution in [1.29, 1.82) is 0 Å². The number of para-hydroxylation sites is 2. The first-order valence-corrected chi connectivity index (χ1v) is 9.38. The fourth-order valence-electron chi connectivity index (χ4n) is 2.76. The average molecular weight is 388 g/mol. The van der Waals surface area contributed by atoms with Crippen LogP contribution in [0.15, 0.2) is 53.4 Å². The van der Waals surface area contributed by atoms with E-state index in [1.165, 1.54) is 23.8 Å². The highest BCUT2D eigenvalue weighted by Gasteiger charge is 2.41. The Morgan fingerprint density at radius 1 is 1.00 bits per heavy atom. The van der Waals surface area contributed by atoms with Gasteiger partial charge < -0.3 is 4.74 Å². The van der Waals surface area contributed by atoms with Gasteiger partial charge in [-0.05, 0) is 29.8 Å². The van der Waals surface area contributed by atoms with Crippen LogP contribution in [0.2, 0.25) is 5.02 Å². The van der Waals surface area contributed by atoms with Crippen LogP contribution in [-0.2, 0) is 9.59 Å². The fourth-order valence-corrected chi connectivity index (χ4v) is 3.87. The highest BCUT2D eigenvalue weighted by atomic mass is 35.5. The number of benzene rings is 2. The number of amides is 2. The topological polar surface area (TPSA) is 46.6 Å². The van der Waals surface area contributed by atoms with Crippen LogP contribution < -0.4 is 9.64 Å². The molecule has 6 heteroatoms. The first-order valence-electron chi connectivity index (χ1n) is 8.12. The summed E-state index contributed by atoms with van der Waals surface area (Å²) < 4.78 is 5.34. The zero-order valence-electron chi connectivity index (χ0n) is 14.7. The van der Waals surface area contributed by atoms with E-state index in [9.17, 15) is 9.59 Å². The van der Waals surface area contributed by atoms with E-state index in [1.807, 2.05) is 13.8 Å². The number of nitrogens with zero attached hydrogens (tertiary/aromatic N) is 1. The van der Waals surface area contributed by atoms with Crippen LogP contribution in [0.4, 0.5) is 5.69 Å².